The van der Waals surface area contributed by atoms with E-state index in [0.717, 1.165) is 28.1 Å². The molecule has 0 fully saturated rings. The van der Waals surface area contributed by atoms with E-state index in [2.05, 4.69) is 19.2 Å². The normalized spacial score (nSPS) is 14.4. The van der Waals surface area contributed by atoms with Crippen LogP contribution in [0.1, 0.15) is 41.8 Å². The van der Waals surface area contributed by atoms with E-state index in [1.165, 1.54) is 11.8 Å². The van der Waals surface area contributed by atoms with E-state index in [1.807, 2.05) is 66.7 Å². The highest BCUT2D eigenvalue weighted by molar-refractivity contribution is 8.04. The molecule has 0 aliphatic carbocycles. The van der Waals surface area contributed by atoms with E-state index >= 15 is 0 Å². The number of hydrogen-bond acceptors (Lipinski definition) is 3. The van der Waals surface area contributed by atoms with Crippen LogP contribution in [0, 0.1) is 5.92 Å². The number of carbonyl (C=O) groups is 2. The molecule has 0 bridgehead atoms. The SMILES string of the molecule is CC(C)CCNC(=O)c1ccc(/C=C2/Sc3ccccc3N(Cc3cccc(Cl)c3)C2=O)cc1. The number of fused-ring (bicyclic) bond motifs is 1. The fraction of sp³-hybridized carbons (Fsp3) is 0.214. The number of thioether (sulfide) groups is 1. The number of benzene rings is 3. The quantitative estimate of drug-likeness (QED) is 0.371. The molecule has 174 valence electrons. The standard InChI is InChI=1S/C28H27ClN2O2S/c1-19(2)14-15-30-27(32)22-12-10-20(11-13-22)17-26-28(33)31(18-21-6-5-7-23(29)16-21)24-8-3-4-9-25(24)34-26/h3-13,16-17,19H,14-15,18H2,1-2H3,(H,30,32)/b26-17+. The van der Waals surface area contributed by atoms with E-state index in [-0.39, 0.29) is 11.8 Å². The minimum Gasteiger partial charge on any atom is -0.352 e. The molecule has 0 aromatic heterocycles. The molecule has 3 aromatic rings. The van der Waals surface area contributed by atoms with Gasteiger partial charge < -0.3 is 10.2 Å². The smallest absolute Gasteiger partial charge is 0.265 e. The molecule has 0 radical (unpaired) electrons. The van der Waals surface area contributed by atoms with Gasteiger partial charge in [-0.2, -0.15) is 0 Å². The third-order valence-corrected chi connectivity index (χ3v) is 6.85. The van der Waals surface area contributed by atoms with Crippen LogP contribution < -0.4 is 10.2 Å². The number of rotatable bonds is 7. The van der Waals surface area contributed by atoms with Gasteiger partial charge in [0.1, 0.15) is 0 Å². The van der Waals surface area contributed by atoms with E-state index < -0.39 is 0 Å². The number of carbonyl (C=O) groups excluding carboxylic acids is 2. The minimum atomic E-state index is -0.0791. The Morgan fingerprint density at radius 2 is 1.82 bits per heavy atom. The molecule has 0 saturated carbocycles. The van der Waals surface area contributed by atoms with Crippen molar-refractivity contribution < 1.29 is 9.59 Å². The maximum absolute atomic E-state index is 13.5. The first-order valence-electron chi connectivity index (χ1n) is 11.3. The average molecular weight is 491 g/mol. The van der Waals surface area contributed by atoms with Gasteiger partial charge in [-0.15, -0.1) is 0 Å². The molecule has 1 aliphatic rings. The van der Waals surface area contributed by atoms with Crippen LogP contribution in [0.5, 0.6) is 0 Å². The van der Waals surface area contributed by atoms with Crippen LogP contribution in [0.2, 0.25) is 5.02 Å². The first-order valence-corrected chi connectivity index (χ1v) is 12.5. The summed E-state index contributed by atoms with van der Waals surface area (Å²) < 4.78 is 0. The Labute approximate surface area is 210 Å². The van der Waals surface area contributed by atoms with Crippen molar-refractivity contribution in [3.63, 3.8) is 0 Å². The number of anilines is 1. The Morgan fingerprint density at radius 3 is 2.56 bits per heavy atom. The van der Waals surface area contributed by atoms with Crippen molar-refractivity contribution in [2.24, 2.45) is 5.92 Å². The summed E-state index contributed by atoms with van der Waals surface area (Å²) in [5.74, 6) is 0.409. The molecule has 4 nitrogen and oxygen atoms in total. The third kappa shape index (κ3) is 5.91. The summed E-state index contributed by atoms with van der Waals surface area (Å²) in [6, 6.07) is 22.8. The number of halogens is 1. The van der Waals surface area contributed by atoms with Gasteiger partial charge >= 0.3 is 0 Å². The second kappa shape index (κ2) is 10.9. The molecule has 1 aliphatic heterocycles. The van der Waals surface area contributed by atoms with Gasteiger partial charge in [-0.3, -0.25) is 9.59 Å². The van der Waals surface area contributed by atoms with Gasteiger partial charge in [0, 0.05) is 22.0 Å². The molecule has 1 heterocycles. The molecular formula is C28H27ClN2O2S. The predicted molar refractivity (Wildman–Crippen MR) is 141 cm³/mol. The van der Waals surface area contributed by atoms with Gasteiger partial charge in [-0.05, 0) is 65.9 Å². The van der Waals surface area contributed by atoms with Crippen LogP contribution in [0.4, 0.5) is 5.69 Å². The fourth-order valence-electron chi connectivity index (χ4n) is 3.70. The van der Waals surface area contributed by atoms with Crippen LogP contribution >= 0.6 is 23.4 Å². The zero-order chi connectivity index (χ0) is 24.1. The molecule has 0 unspecified atom stereocenters. The van der Waals surface area contributed by atoms with Crippen LogP contribution in [-0.2, 0) is 11.3 Å². The first-order chi connectivity index (χ1) is 16.4. The summed E-state index contributed by atoms with van der Waals surface area (Å²) in [6.07, 6.45) is 2.83. The van der Waals surface area contributed by atoms with E-state index in [4.69, 9.17) is 11.6 Å². The summed E-state index contributed by atoms with van der Waals surface area (Å²) in [7, 11) is 0. The van der Waals surface area contributed by atoms with Crippen LogP contribution in [-0.4, -0.2) is 18.4 Å². The van der Waals surface area contributed by atoms with Crippen molar-refractivity contribution in [1.82, 2.24) is 5.32 Å². The topological polar surface area (TPSA) is 49.4 Å². The summed E-state index contributed by atoms with van der Waals surface area (Å²) in [4.78, 5) is 29.3. The van der Waals surface area contributed by atoms with Crippen molar-refractivity contribution in [2.75, 3.05) is 11.4 Å². The highest BCUT2D eigenvalue weighted by Crippen LogP contribution is 2.42. The monoisotopic (exact) mass is 490 g/mol. The van der Waals surface area contributed by atoms with Gasteiger partial charge in [0.15, 0.2) is 0 Å². The number of nitrogens with one attached hydrogen (secondary N) is 1. The zero-order valence-electron chi connectivity index (χ0n) is 19.3. The molecule has 34 heavy (non-hydrogen) atoms. The largest absolute Gasteiger partial charge is 0.352 e. The van der Waals surface area contributed by atoms with Crippen molar-refractivity contribution in [2.45, 2.75) is 31.7 Å². The Balaban J connectivity index is 1.55. The first kappa shape index (κ1) is 24.1. The minimum absolute atomic E-state index is 0.0563. The molecule has 0 saturated heterocycles. The molecule has 4 rings (SSSR count). The third-order valence-electron chi connectivity index (χ3n) is 5.54. The van der Waals surface area contributed by atoms with Gasteiger partial charge in [-0.1, -0.05) is 73.6 Å². The van der Waals surface area contributed by atoms with Crippen molar-refractivity contribution >= 4 is 46.9 Å². The van der Waals surface area contributed by atoms with Crippen molar-refractivity contribution in [1.29, 1.82) is 0 Å². The molecule has 3 aromatic carbocycles. The number of hydrogen-bond donors (Lipinski definition) is 1. The second-order valence-corrected chi connectivity index (χ2v) is 10.2. The van der Waals surface area contributed by atoms with Crippen LogP contribution in [0.15, 0.2) is 82.6 Å². The van der Waals surface area contributed by atoms with Gasteiger partial charge in [-0.25, -0.2) is 0 Å². The summed E-state index contributed by atoms with van der Waals surface area (Å²) in [5, 5.41) is 3.60. The zero-order valence-corrected chi connectivity index (χ0v) is 20.8. The van der Waals surface area contributed by atoms with Gasteiger partial charge in [0.05, 0.1) is 17.1 Å². The average Bonchev–Trinajstić information content (AvgIpc) is 2.82. The number of para-hydroxylation sites is 1. The molecule has 2 amide bonds. The highest BCUT2D eigenvalue weighted by Gasteiger charge is 2.29. The van der Waals surface area contributed by atoms with Crippen LogP contribution in [0.3, 0.4) is 0 Å². The second-order valence-electron chi connectivity index (χ2n) is 8.66. The van der Waals surface area contributed by atoms with Gasteiger partial charge in [0.2, 0.25) is 0 Å². The molecular weight excluding hydrogens is 464 g/mol. The van der Waals surface area contributed by atoms with E-state index in [9.17, 15) is 9.59 Å². The van der Waals surface area contributed by atoms with E-state index in [1.54, 1.807) is 17.0 Å². The van der Waals surface area contributed by atoms with Crippen molar-refractivity contribution in [3.05, 3.63) is 99.4 Å². The summed E-state index contributed by atoms with van der Waals surface area (Å²) in [6.45, 7) is 5.36. The lowest BCUT2D eigenvalue weighted by molar-refractivity contribution is -0.114. The van der Waals surface area contributed by atoms with Crippen molar-refractivity contribution in [3.8, 4) is 0 Å². The fourth-order valence-corrected chi connectivity index (χ4v) is 4.97. The maximum Gasteiger partial charge on any atom is 0.265 e. The Bertz CT molecular complexity index is 1220. The summed E-state index contributed by atoms with van der Waals surface area (Å²) >= 11 is 7.63. The predicted octanol–water partition coefficient (Wildman–Crippen LogP) is 6.80. The Kier molecular flexibility index (Phi) is 7.76. The number of nitrogens with zero attached hydrogens (tertiary/aromatic N) is 1. The van der Waals surface area contributed by atoms with Crippen LogP contribution in [0.25, 0.3) is 6.08 Å². The highest BCUT2D eigenvalue weighted by atomic mass is 35.5. The van der Waals surface area contributed by atoms with Gasteiger partial charge in [0.25, 0.3) is 11.8 Å². The lowest BCUT2D eigenvalue weighted by atomic mass is 10.1. The lowest BCUT2D eigenvalue weighted by Crippen LogP contribution is -2.33. The van der Waals surface area contributed by atoms with E-state index in [0.29, 0.717) is 34.5 Å². The lowest BCUT2D eigenvalue weighted by Gasteiger charge is -2.30. The molecule has 0 spiro atoms. The summed E-state index contributed by atoms with van der Waals surface area (Å²) in [5.41, 5.74) is 3.34. The Morgan fingerprint density at radius 1 is 1.06 bits per heavy atom. The number of amides is 2. The maximum atomic E-state index is 13.5. The molecule has 0 atom stereocenters. The molecule has 6 heteroatoms. The molecule has 1 N–H and O–H groups in total. The Hall–Kier alpha value is -3.02.